The molecule has 0 spiro atoms. The number of thiazole rings is 1. The van der Waals surface area contributed by atoms with Crippen molar-refractivity contribution in [2.45, 2.75) is 26.4 Å². The van der Waals surface area contributed by atoms with Crippen LogP contribution in [0.5, 0.6) is 0 Å². The lowest BCUT2D eigenvalue weighted by Gasteiger charge is -2.09. The van der Waals surface area contributed by atoms with Crippen molar-refractivity contribution < 1.29 is 18.0 Å². The van der Waals surface area contributed by atoms with Gasteiger partial charge in [0.05, 0.1) is 23.9 Å². The lowest BCUT2D eigenvalue weighted by Crippen LogP contribution is -2.20. The Morgan fingerprint density at radius 2 is 1.94 bits per heavy atom. The number of rotatable bonds is 7. The fourth-order valence-electron chi connectivity index (χ4n) is 3.65. The molecular formula is C25H21F3IN5OS. The van der Waals surface area contributed by atoms with Crippen LogP contribution in [0.1, 0.15) is 28.2 Å². The van der Waals surface area contributed by atoms with Crippen molar-refractivity contribution >= 4 is 56.9 Å². The van der Waals surface area contributed by atoms with Crippen LogP contribution in [0.2, 0.25) is 0 Å². The molecule has 4 rings (SSSR count). The Kier molecular flexibility index (Phi) is 7.79. The van der Waals surface area contributed by atoms with Gasteiger partial charge in [0, 0.05) is 37.3 Å². The van der Waals surface area contributed by atoms with Crippen LogP contribution >= 0.6 is 33.9 Å². The van der Waals surface area contributed by atoms with E-state index in [1.54, 1.807) is 11.6 Å². The van der Waals surface area contributed by atoms with E-state index < -0.39 is 11.7 Å². The largest absolute Gasteiger partial charge is 0.416 e. The Bertz CT molecular complexity index is 1430. The molecular weight excluding hydrogens is 602 g/mol. The number of nitrogens with zero attached hydrogens (tertiary/aromatic N) is 3. The molecule has 0 radical (unpaired) electrons. The van der Waals surface area contributed by atoms with Crippen molar-refractivity contribution in [1.29, 1.82) is 0 Å². The van der Waals surface area contributed by atoms with Crippen LogP contribution in [0, 0.1) is 17.4 Å². The molecule has 2 heterocycles. The highest BCUT2D eigenvalue weighted by atomic mass is 127. The molecule has 0 saturated carbocycles. The normalized spacial score (nSPS) is 11.7. The van der Waals surface area contributed by atoms with E-state index in [-0.39, 0.29) is 18.0 Å². The lowest BCUT2D eigenvalue weighted by molar-refractivity contribution is -0.137. The number of nitrogens with one attached hydrogen (secondary N) is 2. The first kappa shape index (κ1) is 25.9. The molecule has 186 valence electrons. The van der Waals surface area contributed by atoms with Crippen LogP contribution in [0.25, 0.3) is 5.69 Å². The van der Waals surface area contributed by atoms with E-state index in [0.29, 0.717) is 10.8 Å². The Balaban J connectivity index is 1.36. The predicted molar refractivity (Wildman–Crippen MR) is 144 cm³/mol. The molecule has 2 aromatic carbocycles. The number of aromatic nitrogens is 2. The van der Waals surface area contributed by atoms with Gasteiger partial charge in [-0.1, -0.05) is 12.1 Å². The topological polar surface area (TPSA) is 71.3 Å². The average Bonchev–Trinajstić information content (AvgIpc) is 3.36. The van der Waals surface area contributed by atoms with Gasteiger partial charge < -0.3 is 9.88 Å². The molecule has 0 fully saturated rings. The molecule has 11 heteroatoms. The summed E-state index contributed by atoms with van der Waals surface area (Å²) < 4.78 is 42.0. The van der Waals surface area contributed by atoms with Gasteiger partial charge in [0.15, 0.2) is 5.13 Å². The minimum atomic E-state index is -4.43. The number of carbonyl (C=O) groups excluding carboxylic acids is 1. The number of hydrogen-bond donors (Lipinski definition) is 2. The maximum Gasteiger partial charge on any atom is 0.416 e. The van der Waals surface area contributed by atoms with Crippen molar-refractivity contribution in [2.24, 2.45) is 5.10 Å². The average molecular weight is 623 g/mol. The summed E-state index contributed by atoms with van der Waals surface area (Å²) in [6.45, 7) is 4.00. The summed E-state index contributed by atoms with van der Waals surface area (Å²) in [4.78, 5) is 16.6. The number of halogens is 4. The highest BCUT2D eigenvalue weighted by Gasteiger charge is 2.30. The summed E-state index contributed by atoms with van der Waals surface area (Å²) in [6, 6.07) is 15.0. The third-order valence-corrected chi connectivity index (χ3v) is 6.74. The van der Waals surface area contributed by atoms with Crippen molar-refractivity contribution in [3.05, 3.63) is 91.8 Å². The predicted octanol–water partition coefficient (Wildman–Crippen LogP) is 6.61. The molecule has 0 saturated heterocycles. The van der Waals surface area contributed by atoms with Crippen molar-refractivity contribution in [3.8, 4) is 5.69 Å². The minimum Gasteiger partial charge on any atom is -0.332 e. The third kappa shape index (κ3) is 6.32. The van der Waals surface area contributed by atoms with Crippen molar-refractivity contribution in [3.63, 3.8) is 0 Å². The standard InChI is InChI=1S/C25H21F3IN5OS/c1-15-9-17(16(2)34(15)22-8-4-6-19(29)11-22)13-30-33-23(35)12-21-14-36-24(32-21)31-20-7-3-5-18(10-20)25(26,27)28/h3-11,13-14H,12H2,1-2H3,(H,31,32)(H,33,35)/b30-13-. The SMILES string of the molecule is Cc1cc(/C=N\NC(=O)Cc2csc(Nc3cccc(C(F)(F)F)c3)n2)c(C)n1-c1cccc(I)c1. The van der Waals surface area contributed by atoms with Crippen LogP contribution < -0.4 is 10.7 Å². The minimum absolute atomic E-state index is 0.0143. The molecule has 4 aromatic rings. The first-order valence-electron chi connectivity index (χ1n) is 10.8. The van der Waals surface area contributed by atoms with E-state index in [0.717, 1.165) is 38.3 Å². The summed E-state index contributed by atoms with van der Waals surface area (Å²) in [5.74, 6) is -0.353. The zero-order valence-corrected chi connectivity index (χ0v) is 22.2. The molecule has 2 N–H and O–H groups in total. The van der Waals surface area contributed by atoms with Gasteiger partial charge in [0.1, 0.15) is 0 Å². The Morgan fingerprint density at radius 3 is 2.69 bits per heavy atom. The van der Waals surface area contributed by atoms with Gasteiger partial charge in [-0.05, 0) is 78.9 Å². The summed E-state index contributed by atoms with van der Waals surface area (Å²) in [6.07, 6.45) is -2.84. The van der Waals surface area contributed by atoms with Crippen molar-refractivity contribution in [1.82, 2.24) is 15.0 Å². The second kappa shape index (κ2) is 10.8. The number of anilines is 2. The van der Waals surface area contributed by atoms with Crippen LogP contribution in [0.3, 0.4) is 0 Å². The van der Waals surface area contributed by atoms with Crippen LogP contribution in [0.4, 0.5) is 24.0 Å². The van der Waals surface area contributed by atoms with E-state index in [2.05, 4.69) is 54.1 Å². The zero-order chi connectivity index (χ0) is 25.9. The Morgan fingerprint density at radius 1 is 1.17 bits per heavy atom. The lowest BCUT2D eigenvalue weighted by atomic mass is 10.2. The number of hydrazone groups is 1. The number of aryl methyl sites for hydroxylation is 1. The highest BCUT2D eigenvalue weighted by molar-refractivity contribution is 14.1. The molecule has 36 heavy (non-hydrogen) atoms. The summed E-state index contributed by atoms with van der Waals surface area (Å²) in [5.41, 5.74) is 6.49. The maximum absolute atomic E-state index is 12.9. The van der Waals surface area contributed by atoms with Gasteiger partial charge in [0.2, 0.25) is 5.91 Å². The molecule has 0 aliphatic rings. The number of hydrogen-bond acceptors (Lipinski definition) is 5. The molecule has 0 aliphatic carbocycles. The molecule has 2 aromatic heterocycles. The van der Waals surface area contributed by atoms with Gasteiger partial charge >= 0.3 is 6.18 Å². The van der Waals surface area contributed by atoms with Crippen molar-refractivity contribution in [2.75, 3.05) is 5.32 Å². The maximum atomic E-state index is 12.9. The second-order valence-corrected chi connectivity index (χ2v) is 10.1. The number of amides is 1. The fraction of sp³-hybridized carbons (Fsp3) is 0.160. The van der Waals surface area contributed by atoms with Gasteiger partial charge in [-0.25, -0.2) is 10.4 Å². The smallest absolute Gasteiger partial charge is 0.332 e. The van der Waals surface area contributed by atoms with Gasteiger partial charge in [-0.2, -0.15) is 18.3 Å². The van der Waals surface area contributed by atoms with Crippen LogP contribution in [0.15, 0.2) is 65.1 Å². The number of alkyl halides is 3. The van der Waals surface area contributed by atoms with Crippen LogP contribution in [-0.4, -0.2) is 21.7 Å². The van der Waals surface area contributed by atoms with E-state index in [1.807, 2.05) is 38.1 Å². The van der Waals surface area contributed by atoms with E-state index in [4.69, 9.17) is 0 Å². The van der Waals surface area contributed by atoms with Gasteiger partial charge in [-0.3, -0.25) is 4.79 Å². The van der Waals surface area contributed by atoms with Gasteiger partial charge in [0.25, 0.3) is 0 Å². The second-order valence-electron chi connectivity index (χ2n) is 7.96. The summed E-state index contributed by atoms with van der Waals surface area (Å²) in [7, 11) is 0. The Hall–Kier alpha value is -3.19. The fourth-order valence-corrected chi connectivity index (χ4v) is 4.91. The Labute approximate surface area is 223 Å². The highest BCUT2D eigenvalue weighted by Crippen LogP contribution is 2.32. The van der Waals surface area contributed by atoms with Gasteiger partial charge in [-0.15, -0.1) is 11.3 Å². The summed E-state index contributed by atoms with van der Waals surface area (Å²) in [5, 5.41) is 9.00. The number of benzene rings is 2. The summed E-state index contributed by atoms with van der Waals surface area (Å²) >= 11 is 3.48. The molecule has 0 unspecified atom stereocenters. The number of carbonyl (C=O) groups is 1. The molecule has 0 atom stereocenters. The molecule has 0 aliphatic heterocycles. The van der Waals surface area contributed by atoms with Crippen LogP contribution in [-0.2, 0) is 17.4 Å². The van der Waals surface area contributed by atoms with E-state index in [1.165, 1.54) is 23.5 Å². The molecule has 1 amide bonds. The van der Waals surface area contributed by atoms with E-state index in [9.17, 15) is 18.0 Å². The third-order valence-electron chi connectivity index (χ3n) is 5.26. The monoisotopic (exact) mass is 623 g/mol. The van der Waals surface area contributed by atoms with E-state index >= 15 is 0 Å². The first-order valence-corrected chi connectivity index (χ1v) is 12.7. The zero-order valence-electron chi connectivity index (χ0n) is 19.2. The molecule has 0 bridgehead atoms. The quantitative estimate of drug-likeness (QED) is 0.138. The molecule has 6 nitrogen and oxygen atoms in total. The first-order chi connectivity index (χ1) is 17.1.